The van der Waals surface area contributed by atoms with E-state index in [0.717, 1.165) is 5.56 Å². The van der Waals surface area contributed by atoms with Crippen LogP contribution in [0.4, 0.5) is 4.79 Å². The molecule has 0 unspecified atom stereocenters. The number of piperazine rings is 1. The lowest BCUT2D eigenvalue weighted by Gasteiger charge is -2.35. The molecule has 0 aliphatic carbocycles. The molecule has 21 heavy (non-hydrogen) atoms. The Morgan fingerprint density at radius 2 is 1.95 bits per heavy atom. The molecular formula is C15H20Cl2N2O2. The summed E-state index contributed by atoms with van der Waals surface area (Å²) in [6, 6.07) is 5.32. The van der Waals surface area contributed by atoms with Crippen molar-refractivity contribution in [1.82, 2.24) is 10.2 Å². The average Bonchev–Trinajstić information content (AvgIpc) is 2.37. The molecule has 0 bridgehead atoms. The maximum Gasteiger partial charge on any atom is 0.410 e. The van der Waals surface area contributed by atoms with Crippen molar-refractivity contribution in [2.45, 2.75) is 32.4 Å². The highest BCUT2D eigenvalue weighted by molar-refractivity contribution is 6.36. The number of benzene rings is 1. The second-order valence-corrected chi connectivity index (χ2v) is 6.88. The van der Waals surface area contributed by atoms with Crippen LogP contribution < -0.4 is 5.32 Å². The fourth-order valence-electron chi connectivity index (χ4n) is 2.28. The molecule has 1 aliphatic rings. The Hall–Kier alpha value is -0.970. The lowest BCUT2D eigenvalue weighted by atomic mass is 10.0. The van der Waals surface area contributed by atoms with Crippen LogP contribution in [0.3, 0.4) is 0 Å². The van der Waals surface area contributed by atoms with Gasteiger partial charge < -0.3 is 15.0 Å². The number of hydrogen-bond donors (Lipinski definition) is 1. The van der Waals surface area contributed by atoms with E-state index in [9.17, 15) is 4.79 Å². The first-order valence-corrected chi connectivity index (χ1v) is 7.69. The molecular weight excluding hydrogens is 311 g/mol. The molecule has 1 amide bonds. The third kappa shape index (κ3) is 4.25. The van der Waals surface area contributed by atoms with Crippen molar-refractivity contribution >= 4 is 29.3 Å². The molecule has 2 rings (SSSR count). The second-order valence-electron chi connectivity index (χ2n) is 6.07. The zero-order valence-electron chi connectivity index (χ0n) is 12.5. The topological polar surface area (TPSA) is 41.6 Å². The van der Waals surface area contributed by atoms with Gasteiger partial charge in [-0.25, -0.2) is 4.79 Å². The minimum atomic E-state index is -0.501. The van der Waals surface area contributed by atoms with Crippen LogP contribution in [0.1, 0.15) is 32.4 Å². The summed E-state index contributed by atoms with van der Waals surface area (Å²) in [7, 11) is 0. The van der Waals surface area contributed by atoms with Crippen LogP contribution in [-0.4, -0.2) is 36.2 Å². The van der Waals surface area contributed by atoms with E-state index in [0.29, 0.717) is 29.7 Å². The summed E-state index contributed by atoms with van der Waals surface area (Å²) in [5.41, 5.74) is 0.327. The van der Waals surface area contributed by atoms with Gasteiger partial charge in [-0.1, -0.05) is 29.3 Å². The molecule has 0 saturated carbocycles. The van der Waals surface area contributed by atoms with Gasteiger partial charge in [-0.15, -0.1) is 0 Å². The van der Waals surface area contributed by atoms with Gasteiger partial charge >= 0.3 is 6.09 Å². The molecule has 1 saturated heterocycles. The monoisotopic (exact) mass is 330 g/mol. The maximum atomic E-state index is 12.2. The average molecular weight is 331 g/mol. The Labute approximate surface area is 135 Å². The quantitative estimate of drug-likeness (QED) is 0.849. The van der Waals surface area contributed by atoms with Crippen LogP contribution >= 0.6 is 23.2 Å². The third-order valence-electron chi connectivity index (χ3n) is 3.18. The molecule has 6 heteroatoms. The molecule has 1 aromatic carbocycles. The second kappa shape index (κ2) is 6.42. The van der Waals surface area contributed by atoms with Crippen molar-refractivity contribution < 1.29 is 9.53 Å². The van der Waals surface area contributed by atoms with Crippen LogP contribution in [0.25, 0.3) is 0 Å². The lowest BCUT2D eigenvalue weighted by Crippen LogP contribution is -2.49. The fraction of sp³-hybridized carbons (Fsp3) is 0.533. The number of nitrogens with zero attached hydrogens (tertiary/aromatic N) is 1. The summed E-state index contributed by atoms with van der Waals surface area (Å²) in [6.45, 7) is 7.33. The van der Waals surface area contributed by atoms with E-state index in [1.165, 1.54) is 0 Å². The number of amides is 1. The summed E-state index contributed by atoms with van der Waals surface area (Å²) in [6.07, 6.45) is -0.308. The van der Waals surface area contributed by atoms with Crippen LogP contribution in [-0.2, 0) is 4.74 Å². The van der Waals surface area contributed by atoms with E-state index in [1.54, 1.807) is 17.0 Å². The molecule has 0 radical (unpaired) electrons. The first-order valence-electron chi connectivity index (χ1n) is 6.93. The van der Waals surface area contributed by atoms with Crippen molar-refractivity contribution in [2.75, 3.05) is 19.6 Å². The predicted molar refractivity (Wildman–Crippen MR) is 85.0 cm³/mol. The van der Waals surface area contributed by atoms with Crippen LogP contribution in [0.5, 0.6) is 0 Å². The van der Waals surface area contributed by atoms with E-state index in [-0.39, 0.29) is 12.1 Å². The summed E-state index contributed by atoms with van der Waals surface area (Å²) < 4.78 is 5.42. The van der Waals surface area contributed by atoms with E-state index in [1.807, 2.05) is 26.8 Å². The smallest absolute Gasteiger partial charge is 0.410 e. The minimum absolute atomic E-state index is 0.0903. The van der Waals surface area contributed by atoms with Crippen molar-refractivity contribution in [2.24, 2.45) is 0 Å². The molecule has 1 heterocycles. The van der Waals surface area contributed by atoms with Gasteiger partial charge in [-0.05, 0) is 32.9 Å². The van der Waals surface area contributed by atoms with Crippen LogP contribution in [0, 0.1) is 0 Å². The summed E-state index contributed by atoms with van der Waals surface area (Å²) in [5.74, 6) is 0. The van der Waals surface area contributed by atoms with Crippen LogP contribution in [0.15, 0.2) is 18.2 Å². The molecule has 116 valence electrons. The Balaban J connectivity index is 2.13. The lowest BCUT2D eigenvalue weighted by molar-refractivity contribution is 0.0195. The van der Waals surface area contributed by atoms with E-state index in [4.69, 9.17) is 27.9 Å². The first-order chi connectivity index (χ1) is 9.78. The van der Waals surface area contributed by atoms with Gasteiger partial charge in [-0.2, -0.15) is 0 Å². The zero-order valence-corrected chi connectivity index (χ0v) is 14.0. The largest absolute Gasteiger partial charge is 0.444 e. The SMILES string of the molecule is CC(C)(C)OC(=O)N1CCN[C@@H](c2c(Cl)cccc2Cl)C1. The molecule has 4 nitrogen and oxygen atoms in total. The van der Waals surface area contributed by atoms with Crippen molar-refractivity contribution in [3.05, 3.63) is 33.8 Å². The summed E-state index contributed by atoms with van der Waals surface area (Å²) in [5, 5.41) is 4.55. The highest BCUT2D eigenvalue weighted by Gasteiger charge is 2.29. The molecule has 0 spiro atoms. The van der Waals surface area contributed by atoms with Gasteiger partial charge in [0.1, 0.15) is 5.60 Å². The van der Waals surface area contributed by atoms with E-state index < -0.39 is 5.60 Å². The molecule has 0 aromatic heterocycles. The number of hydrogen-bond acceptors (Lipinski definition) is 3. The molecule has 1 N–H and O–H groups in total. The standard InChI is InChI=1S/C15H20Cl2N2O2/c1-15(2,3)21-14(20)19-8-7-18-12(9-19)13-10(16)5-4-6-11(13)17/h4-6,12,18H,7-9H2,1-3H3/t12-/m1/s1. The van der Waals surface area contributed by atoms with Crippen molar-refractivity contribution in [3.8, 4) is 0 Å². The number of carbonyl (C=O) groups excluding carboxylic acids is 1. The number of carbonyl (C=O) groups is 1. The Bertz CT molecular complexity index is 509. The molecule has 1 aromatic rings. The zero-order chi connectivity index (χ0) is 15.6. The Morgan fingerprint density at radius 3 is 2.52 bits per heavy atom. The predicted octanol–water partition coefficient (Wildman–Crippen LogP) is 3.87. The number of rotatable bonds is 1. The Kier molecular flexibility index (Phi) is 5.02. The van der Waals surface area contributed by atoms with Crippen LogP contribution in [0.2, 0.25) is 10.0 Å². The summed E-state index contributed by atoms with van der Waals surface area (Å²) in [4.78, 5) is 13.9. The normalized spacial score (nSPS) is 19.5. The minimum Gasteiger partial charge on any atom is -0.444 e. The van der Waals surface area contributed by atoms with Gasteiger partial charge in [0.05, 0.1) is 6.04 Å². The fourth-order valence-corrected chi connectivity index (χ4v) is 2.94. The molecule has 1 fully saturated rings. The van der Waals surface area contributed by atoms with Gasteiger partial charge in [0.2, 0.25) is 0 Å². The van der Waals surface area contributed by atoms with Gasteiger partial charge in [0.25, 0.3) is 0 Å². The van der Waals surface area contributed by atoms with Gasteiger partial charge in [-0.3, -0.25) is 0 Å². The molecule has 1 aliphatic heterocycles. The molecule has 1 atom stereocenters. The van der Waals surface area contributed by atoms with Crippen molar-refractivity contribution in [1.29, 1.82) is 0 Å². The highest BCUT2D eigenvalue weighted by Crippen LogP contribution is 2.31. The van der Waals surface area contributed by atoms with Gasteiger partial charge in [0, 0.05) is 35.2 Å². The van der Waals surface area contributed by atoms with Gasteiger partial charge in [0.15, 0.2) is 0 Å². The van der Waals surface area contributed by atoms with E-state index in [2.05, 4.69) is 5.32 Å². The highest BCUT2D eigenvalue weighted by atomic mass is 35.5. The number of nitrogens with one attached hydrogen (secondary N) is 1. The maximum absolute atomic E-state index is 12.2. The third-order valence-corrected chi connectivity index (χ3v) is 3.83. The van der Waals surface area contributed by atoms with Crippen molar-refractivity contribution in [3.63, 3.8) is 0 Å². The first kappa shape index (κ1) is 16.4. The Morgan fingerprint density at radius 1 is 1.33 bits per heavy atom. The van der Waals surface area contributed by atoms with E-state index >= 15 is 0 Å². The number of halogens is 2. The summed E-state index contributed by atoms with van der Waals surface area (Å²) >= 11 is 12.5. The number of ether oxygens (including phenoxy) is 1.